The summed E-state index contributed by atoms with van der Waals surface area (Å²) in [6.45, 7) is 4.66. The van der Waals surface area contributed by atoms with Gasteiger partial charge in [0.25, 0.3) is 11.8 Å². The van der Waals surface area contributed by atoms with Crippen LogP contribution in [0, 0.1) is 0 Å². The van der Waals surface area contributed by atoms with Crippen LogP contribution in [0.3, 0.4) is 0 Å². The number of benzene rings is 3. The van der Waals surface area contributed by atoms with Crippen LogP contribution in [0.15, 0.2) is 78.5 Å². The summed E-state index contributed by atoms with van der Waals surface area (Å²) in [7, 11) is 0. The van der Waals surface area contributed by atoms with E-state index in [2.05, 4.69) is 5.32 Å². The van der Waals surface area contributed by atoms with Gasteiger partial charge in [-0.25, -0.2) is 4.90 Å². The first-order valence-electron chi connectivity index (χ1n) is 10.6. The molecule has 1 N–H and O–H groups in total. The third-order valence-electron chi connectivity index (χ3n) is 5.04. The molecule has 7 heteroatoms. The minimum atomic E-state index is -0.473. The fourth-order valence-corrected chi connectivity index (χ4v) is 3.77. The SMILES string of the molecule is CCOc1cccc(NC2=C(c3ccc(Cl)cc3)C(=O)N(c3ccccc3OCC)C2=O)c1. The van der Waals surface area contributed by atoms with Gasteiger partial charge in [-0.1, -0.05) is 41.9 Å². The third-order valence-corrected chi connectivity index (χ3v) is 5.29. The molecule has 2 amide bonds. The highest BCUT2D eigenvalue weighted by Crippen LogP contribution is 2.38. The number of hydrogen-bond donors (Lipinski definition) is 1. The maximum absolute atomic E-state index is 13.6. The van der Waals surface area contributed by atoms with Crippen LogP contribution in [0.2, 0.25) is 5.02 Å². The van der Waals surface area contributed by atoms with Gasteiger partial charge in [0.15, 0.2) is 0 Å². The first-order chi connectivity index (χ1) is 16.0. The van der Waals surface area contributed by atoms with Crippen LogP contribution >= 0.6 is 11.6 Å². The smallest absolute Gasteiger partial charge is 0.282 e. The predicted molar refractivity (Wildman–Crippen MR) is 130 cm³/mol. The Bertz CT molecular complexity index is 1220. The van der Waals surface area contributed by atoms with Crippen molar-refractivity contribution in [3.05, 3.63) is 89.1 Å². The number of nitrogens with zero attached hydrogens (tertiary/aromatic N) is 1. The number of amides is 2. The van der Waals surface area contributed by atoms with Crippen LogP contribution in [0.25, 0.3) is 5.57 Å². The second-order valence-corrected chi connectivity index (χ2v) is 7.63. The number of para-hydroxylation sites is 2. The minimum absolute atomic E-state index is 0.169. The monoisotopic (exact) mass is 462 g/mol. The molecule has 0 unspecified atom stereocenters. The van der Waals surface area contributed by atoms with E-state index in [-0.39, 0.29) is 11.3 Å². The maximum Gasteiger partial charge on any atom is 0.282 e. The molecule has 1 aliphatic heterocycles. The van der Waals surface area contributed by atoms with Gasteiger partial charge in [0.05, 0.1) is 24.5 Å². The van der Waals surface area contributed by atoms with E-state index in [0.717, 1.165) is 4.90 Å². The average molecular weight is 463 g/mol. The molecule has 0 spiro atoms. The lowest BCUT2D eigenvalue weighted by Crippen LogP contribution is -2.32. The molecule has 1 aliphatic rings. The number of carbonyl (C=O) groups excluding carboxylic acids is 2. The average Bonchev–Trinajstić information content (AvgIpc) is 3.05. The van der Waals surface area contributed by atoms with E-state index in [1.165, 1.54) is 0 Å². The molecule has 33 heavy (non-hydrogen) atoms. The van der Waals surface area contributed by atoms with Crippen LogP contribution in [-0.4, -0.2) is 25.0 Å². The van der Waals surface area contributed by atoms with Crippen LogP contribution in [0.5, 0.6) is 11.5 Å². The predicted octanol–water partition coefficient (Wildman–Crippen LogP) is 5.53. The van der Waals surface area contributed by atoms with Crippen LogP contribution < -0.4 is 19.7 Å². The fourth-order valence-electron chi connectivity index (χ4n) is 3.64. The van der Waals surface area contributed by atoms with E-state index in [9.17, 15) is 9.59 Å². The lowest BCUT2D eigenvalue weighted by atomic mass is 10.0. The summed E-state index contributed by atoms with van der Waals surface area (Å²) < 4.78 is 11.2. The van der Waals surface area contributed by atoms with Crippen molar-refractivity contribution in [1.29, 1.82) is 0 Å². The van der Waals surface area contributed by atoms with Crippen LogP contribution in [-0.2, 0) is 9.59 Å². The number of carbonyl (C=O) groups is 2. The van der Waals surface area contributed by atoms with Crippen molar-refractivity contribution in [2.24, 2.45) is 0 Å². The van der Waals surface area contributed by atoms with Crippen molar-refractivity contribution in [1.82, 2.24) is 0 Å². The Morgan fingerprint density at radius 3 is 2.30 bits per heavy atom. The zero-order valence-corrected chi connectivity index (χ0v) is 19.1. The third kappa shape index (κ3) is 4.56. The zero-order chi connectivity index (χ0) is 23.4. The van der Waals surface area contributed by atoms with Crippen molar-refractivity contribution < 1.29 is 19.1 Å². The lowest BCUT2D eigenvalue weighted by molar-refractivity contribution is -0.120. The van der Waals surface area contributed by atoms with E-state index >= 15 is 0 Å². The summed E-state index contributed by atoms with van der Waals surface area (Å²) >= 11 is 6.05. The molecule has 0 bridgehead atoms. The molecule has 3 aromatic rings. The molecule has 0 saturated carbocycles. The van der Waals surface area contributed by atoms with E-state index in [1.807, 2.05) is 32.0 Å². The Hall–Kier alpha value is -3.77. The van der Waals surface area contributed by atoms with Gasteiger partial charge in [0, 0.05) is 16.8 Å². The Balaban J connectivity index is 1.80. The lowest BCUT2D eigenvalue weighted by Gasteiger charge is -2.19. The quantitative estimate of drug-likeness (QED) is 0.445. The molecule has 1 heterocycles. The second-order valence-electron chi connectivity index (χ2n) is 7.19. The molecule has 0 saturated heterocycles. The number of hydrogen-bond acceptors (Lipinski definition) is 5. The van der Waals surface area contributed by atoms with Gasteiger partial charge >= 0.3 is 0 Å². The van der Waals surface area contributed by atoms with E-state index in [4.69, 9.17) is 21.1 Å². The zero-order valence-electron chi connectivity index (χ0n) is 18.3. The van der Waals surface area contributed by atoms with E-state index < -0.39 is 11.8 Å². The van der Waals surface area contributed by atoms with E-state index in [0.29, 0.717) is 46.7 Å². The molecule has 6 nitrogen and oxygen atoms in total. The molecule has 0 aliphatic carbocycles. The first kappa shape index (κ1) is 22.4. The van der Waals surface area contributed by atoms with Gasteiger partial charge < -0.3 is 14.8 Å². The maximum atomic E-state index is 13.6. The number of halogens is 1. The summed E-state index contributed by atoms with van der Waals surface area (Å²) in [6.07, 6.45) is 0. The molecular formula is C26H23ClN2O4. The van der Waals surface area contributed by atoms with Gasteiger partial charge in [-0.3, -0.25) is 9.59 Å². The molecule has 0 atom stereocenters. The number of anilines is 2. The highest BCUT2D eigenvalue weighted by molar-refractivity contribution is 6.46. The van der Waals surface area contributed by atoms with Crippen molar-refractivity contribution >= 4 is 40.4 Å². The Morgan fingerprint density at radius 2 is 1.58 bits per heavy atom. The fraction of sp³-hybridized carbons (Fsp3) is 0.154. The van der Waals surface area contributed by atoms with Gasteiger partial charge in [-0.2, -0.15) is 0 Å². The molecule has 3 aromatic carbocycles. The molecule has 0 radical (unpaired) electrons. The van der Waals surface area contributed by atoms with E-state index in [1.54, 1.807) is 54.6 Å². The topological polar surface area (TPSA) is 67.9 Å². The van der Waals surface area contributed by atoms with Crippen LogP contribution in [0.4, 0.5) is 11.4 Å². The number of rotatable bonds is 8. The van der Waals surface area contributed by atoms with Crippen molar-refractivity contribution in [2.45, 2.75) is 13.8 Å². The standard InChI is InChI=1S/C26H23ClN2O4/c1-3-32-20-9-7-8-19(16-20)28-24-23(17-12-14-18(27)15-13-17)25(30)29(26(24)31)21-10-5-6-11-22(21)33-4-2/h5-16,28H,3-4H2,1-2H3. The van der Waals surface area contributed by atoms with Gasteiger partial charge in [-0.15, -0.1) is 0 Å². The van der Waals surface area contributed by atoms with Crippen molar-refractivity contribution in [3.8, 4) is 11.5 Å². The largest absolute Gasteiger partial charge is 0.494 e. The van der Waals surface area contributed by atoms with Crippen molar-refractivity contribution in [2.75, 3.05) is 23.4 Å². The molecular weight excluding hydrogens is 440 g/mol. The summed E-state index contributed by atoms with van der Waals surface area (Å²) in [5.41, 5.74) is 2.02. The molecule has 168 valence electrons. The molecule has 4 rings (SSSR count). The Kier molecular flexibility index (Phi) is 6.66. The van der Waals surface area contributed by atoms with Crippen LogP contribution in [0.1, 0.15) is 19.4 Å². The summed E-state index contributed by atoms with van der Waals surface area (Å²) in [6, 6.07) is 21.0. The summed E-state index contributed by atoms with van der Waals surface area (Å²) in [4.78, 5) is 28.4. The normalized spacial score (nSPS) is 13.5. The number of imide groups is 1. The highest BCUT2D eigenvalue weighted by Gasteiger charge is 2.41. The molecule has 0 fully saturated rings. The van der Waals surface area contributed by atoms with Crippen molar-refractivity contribution in [3.63, 3.8) is 0 Å². The Labute approximate surface area is 197 Å². The van der Waals surface area contributed by atoms with Gasteiger partial charge in [0.2, 0.25) is 0 Å². The molecule has 0 aromatic heterocycles. The number of nitrogens with one attached hydrogen (secondary N) is 1. The minimum Gasteiger partial charge on any atom is -0.494 e. The highest BCUT2D eigenvalue weighted by atomic mass is 35.5. The number of ether oxygens (including phenoxy) is 2. The first-order valence-corrected chi connectivity index (χ1v) is 11.0. The van der Waals surface area contributed by atoms with Gasteiger partial charge in [0.1, 0.15) is 17.2 Å². The summed E-state index contributed by atoms with van der Waals surface area (Å²) in [5.74, 6) is 0.195. The summed E-state index contributed by atoms with van der Waals surface area (Å²) in [5, 5.41) is 3.68. The van der Waals surface area contributed by atoms with Gasteiger partial charge in [-0.05, 0) is 55.8 Å². The Morgan fingerprint density at radius 1 is 0.848 bits per heavy atom. The second kappa shape index (κ2) is 9.79.